The lowest BCUT2D eigenvalue weighted by Crippen LogP contribution is -2.63. The molecule has 3 amide bonds. The molecule has 0 radical (unpaired) electrons. The molecule has 188 valence electrons. The summed E-state index contributed by atoms with van der Waals surface area (Å²) in [5, 5.41) is 16.2. The van der Waals surface area contributed by atoms with E-state index < -0.39 is 48.2 Å². The van der Waals surface area contributed by atoms with Crippen LogP contribution in [0.4, 0.5) is 0 Å². The summed E-state index contributed by atoms with van der Waals surface area (Å²) in [5.74, 6) is -2.31. The lowest BCUT2D eigenvalue weighted by atomic mass is 9.89. The highest BCUT2D eigenvalue weighted by Crippen LogP contribution is 2.29. The second-order valence-electron chi connectivity index (χ2n) is 9.18. The molecule has 3 aliphatic rings. The van der Waals surface area contributed by atoms with Crippen LogP contribution in [0.5, 0.6) is 0 Å². The molecule has 36 heavy (non-hydrogen) atoms. The highest BCUT2D eigenvalue weighted by atomic mass is 32.1. The molecule has 2 saturated heterocycles. The number of hydrogen-bond acceptors (Lipinski definition) is 8. The second kappa shape index (κ2) is 9.82. The molecule has 11 heteroatoms. The van der Waals surface area contributed by atoms with Crippen molar-refractivity contribution in [1.29, 1.82) is 0 Å². The fourth-order valence-corrected chi connectivity index (χ4v) is 5.89. The molecule has 5 atom stereocenters. The second-order valence-corrected chi connectivity index (χ2v) is 10.3. The van der Waals surface area contributed by atoms with Crippen LogP contribution in [0.3, 0.4) is 0 Å². The molecule has 1 aromatic heterocycles. The van der Waals surface area contributed by atoms with Gasteiger partial charge in [-0.1, -0.05) is 30.4 Å². The molecular weight excluding hydrogens is 486 g/mol. The molecule has 3 N–H and O–H groups in total. The zero-order valence-corrected chi connectivity index (χ0v) is 20.0. The van der Waals surface area contributed by atoms with Gasteiger partial charge in [-0.25, -0.2) is 0 Å². The SMILES string of the molecule is O=C1C[C@@H]2C/C=C\C[C@H](NC(=O)c3cc4ccccc4s3)C(=O)N2[C@H](C(=O)NC2CC(=O)OC2O)C1. The molecule has 0 aliphatic carbocycles. The number of aliphatic hydroxyl groups excluding tert-OH is 1. The van der Waals surface area contributed by atoms with E-state index >= 15 is 0 Å². The zero-order chi connectivity index (χ0) is 25.4. The Labute approximate surface area is 210 Å². The summed E-state index contributed by atoms with van der Waals surface area (Å²) in [6.45, 7) is 0. The topological polar surface area (TPSA) is 142 Å². The van der Waals surface area contributed by atoms with Crippen LogP contribution < -0.4 is 10.6 Å². The number of aliphatic hydroxyl groups is 1. The molecule has 1 aromatic carbocycles. The van der Waals surface area contributed by atoms with E-state index in [-0.39, 0.29) is 37.4 Å². The highest BCUT2D eigenvalue weighted by Gasteiger charge is 2.45. The number of nitrogens with zero attached hydrogens (tertiary/aromatic N) is 1. The molecule has 10 nitrogen and oxygen atoms in total. The first-order valence-electron chi connectivity index (χ1n) is 11.8. The van der Waals surface area contributed by atoms with Crippen molar-refractivity contribution in [2.24, 2.45) is 0 Å². The van der Waals surface area contributed by atoms with Gasteiger partial charge < -0.3 is 25.4 Å². The van der Waals surface area contributed by atoms with E-state index in [4.69, 9.17) is 0 Å². The Balaban J connectivity index is 1.37. The van der Waals surface area contributed by atoms with E-state index in [1.54, 1.807) is 12.1 Å². The van der Waals surface area contributed by atoms with Gasteiger partial charge in [0.25, 0.3) is 5.91 Å². The maximum atomic E-state index is 13.7. The number of cyclic esters (lactones) is 1. The first kappa shape index (κ1) is 24.1. The number of Topliss-reactive ketones (excluding diaryl/α,β-unsaturated/α-hetero) is 1. The van der Waals surface area contributed by atoms with E-state index in [9.17, 15) is 29.1 Å². The van der Waals surface area contributed by atoms with Crippen LogP contribution in [0.15, 0.2) is 42.5 Å². The maximum absolute atomic E-state index is 13.7. The number of esters is 1. The van der Waals surface area contributed by atoms with E-state index in [0.29, 0.717) is 11.3 Å². The van der Waals surface area contributed by atoms with Gasteiger partial charge >= 0.3 is 5.97 Å². The number of ketones is 1. The summed E-state index contributed by atoms with van der Waals surface area (Å²) in [7, 11) is 0. The monoisotopic (exact) mass is 511 g/mol. The number of rotatable bonds is 4. The number of piperidine rings is 1. The number of hydrogen-bond donors (Lipinski definition) is 3. The van der Waals surface area contributed by atoms with Crippen LogP contribution >= 0.6 is 11.3 Å². The molecule has 2 unspecified atom stereocenters. The summed E-state index contributed by atoms with van der Waals surface area (Å²) in [4.78, 5) is 65.7. The Kier molecular flexibility index (Phi) is 6.59. The molecule has 0 bridgehead atoms. The third-order valence-corrected chi connectivity index (χ3v) is 7.80. The Morgan fingerprint density at radius 3 is 2.56 bits per heavy atom. The quantitative estimate of drug-likeness (QED) is 0.411. The van der Waals surface area contributed by atoms with Crippen molar-refractivity contribution in [2.45, 2.75) is 62.6 Å². The minimum atomic E-state index is -1.49. The summed E-state index contributed by atoms with van der Waals surface area (Å²) >= 11 is 1.32. The molecule has 2 aromatic rings. The minimum absolute atomic E-state index is 0.102. The number of ether oxygens (including phenoxy) is 1. The van der Waals surface area contributed by atoms with E-state index in [0.717, 1.165) is 10.1 Å². The van der Waals surface area contributed by atoms with Crippen molar-refractivity contribution in [3.63, 3.8) is 0 Å². The lowest BCUT2D eigenvalue weighted by Gasteiger charge is -2.43. The number of carbonyl (C=O) groups is 5. The third kappa shape index (κ3) is 4.76. The van der Waals surface area contributed by atoms with Crippen molar-refractivity contribution in [1.82, 2.24) is 15.5 Å². The maximum Gasteiger partial charge on any atom is 0.310 e. The van der Waals surface area contributed by atoms with Crippen molar-refractivity contribution < 1.29 is 33.8 Å². The minimum Gasteiger partial charge on any atom is -0.434 e. The van der Waals surface area contributed by atoms with Crippen molar-refractivity contribution in [2.75, 3.05) is 0 Å². The van der Waals surface area contributed by atoms with Crippen molar-refractivity contribution in [3.05, 3.63) is 47.4 Å². The van der Waals surface area contributed by atoms with Gasteiger partial charge in [0.15, 0.2) is 0 Å². The average molecular weight is 512 g/mol. The molecule has 5 rings (SSSR count). The molecule has 2 fully saturated rings. The van der Waals surface area contributed by atoms with E-state index in [2.05, 4.69) is 15.4 Å². The van der Waals surface area contributed by atoms with Crippen LogP contribution in [-0.4, -0.2) is 69.9 Å². The van der Waals surface area contributed by atoms with Gasteiger partial charge in [-0.2, -0.15) is 0 Å². The third-order valence-electron chi connectivity index (χ3n) is 6.68. The van der Waals surface area contributed by atoms with E-state index in [1.165, 1.54) is 16.2 Å². The Morgan fingerprint density at radius 2 is 1.81 bits per heavy atom. The van der Waals surface area contributed by atoms with Crippen molar-refractivity contribution >= 4 is 50.9 Å². The molecule has 4 heterocycles. The van der Waals surface area contributed by atoms with Crippen LogP contribution in [0.1, 0.15) is 41.8 Å². The van der Waals surface area contributed by atoms with Crippen LogP contribution in [0.25, 0.3) is 10.1 Å². The fraction of sp³-hybridized carbons (Fsp3) is 0.400. The van der Waals surface area contributed by atoms with Gasteiger partial charge in [0, 0.05) is 23.6 Å². The van der Waals surface area contributed by atoms with Gasteiger partial charge in [-0.3, -0.25) is 24.0 Å². The van der Waals surface area contributed by atoms with E-state index in [1.807, 2.05) is 30.3 Å². The van der Waals surface area contributed by atoms with Crippen molar-refractivity contribution in [3.8, 4) is 0 Å². The Bertz CT molecular complexity index is 1240. The van der Waals surface area contributed by atoms with Crippen LogP contribution in [-0.2, 0) is 23.9 Å². The Morgan fingerprint density at radius 1 is 1.03 bits per heavy atom. The number of carbonyl (C=O) groups excluding carboxylic acids is 5. The lowest BCUT2D eigenvalue weighted by molar-refractivity contribution is -0.156. The molecule has 0 saturated carbocycles. The number of thiophene rings is 1. The summed E-state index contributed by atoms with van der Waals surface area (Å²) in [6, 6.07) is 5.81. The fourth-order valence-electron chi connectivity index (χ4n) is 4.92. The summed E-state index contributed by atoms with van der Waals surface area (Å²) in [5.41, 5.74) is 0. The first-order chi connectivity index (χ1) is 17.3. The predicted molar refractivity (Wildman–Crippen MR) is 129 cm³/mol. The summed E-state index contributed by atoms with van der Waals surface area (Å²) in [6.07, 6.45) is 2.51. The standard InChI is InChI=1S/C25H25N3O7S/c29-15-10-14-6-2-3-7-16(26-23(32)20-9-13-5-1-4-8-19(13)36-20)24(33)28(14)18(11-15)22(31)27-17-12-21(30)35-25(17)34/h1-5,8-9,14,16-18,25,34H,6-7,10-12H2,(H,26,32)(H,27,31)/b3-2-/t14-,16-,17?,18-,25?/m0/s1. The first-order valence-corrected chi connectivity index (χ1v) is 12.6. The zero-order valence-electron chi connectivity index (χ0n) is 19.2. The number of nitrogens with one attached hydrogen (secondary N) is 2. The molecule has 0 spiro atoms. The normalized spacial score (nSPS) is 29.2. The Hall–Kier alpha value is -3.57. The van der Waals surface area contributed by atoms with Gasteiger partial charge in [0.1, 0.15) is 23.9 Å². The van der Waals surface area contributed by atoms with Gasteiger partial charge in [0.05, 0.1) is 11.3 Å². The van der Waals surface area contributed by atoms with Crippen LogP contribution in [0, 0.1) is 0 Å². The average Bonchev–Trinajstić information content (AvgIpc) is 3.41. The molecule has 3 aliphatic heterocycles. The number of fused-ring (bicyclic) bond motifs is 2. The van der Waals surface area contributed by atoms with Crippen LogP contribution in [0.2, 0.25) is 0 Å². The number of benzene rings is 1. The largest absolute Gasteiger partial charge is 0.434 e. The van der Waals surface area contributed by atoms with Gasteiger partial charge in [0.2, 0.25) is 18.1 Å². The molecular formula is C25H25N3O7S. The smallest absolute Gasteiger partial charge is 0.310 e. The van der Waals surface area contributed by atoms with Gasteiger partial charge in [-0.05, 0) is 30.4 Å². The van der Waals surface area contributed by atoms with Gasteiger partial charge in [-0.15, -0.1) is 11.3 Å². The predicted octanol–water partition coefficient (Wildman–Crippen LogP) is 1.03. The highest BCUT2D eigenvalue weighted by molar-refractivity contribution is 7.20. The number of amides is 3. The summed E-state index contributed by atoms with van der Waals surface area (Å²) < 4.78 is 5.62.